The van der Waals surface area contributed by atoms with Gasteiger partial charge in [0.2, 0.25) is 0 Å². The van der Waals surface area contributed by atoms with Crippen LogP contribution >= 0.6 is 18.6 Å². The van der Waals surface area contributed by atoms with Crippen LogP contribution in [0.5, 0.6) is 0 Å². The van der Waals surface area contributed by atoms with Gasteiger partial charge in [-0.05, 0) is 53.0 Å². The summed E-state index contributed by atoms with van der Waals surface area (Å²) in [6.45, 7) is 22.1. The molecule has 2 aliphatic carbocycles. The van der Waals surface area contributed by atoms with Crippen molar-refractivity contribution < 1.29 is 17.0 Å². The summed E-state index contributed by atoms with van der Waals surface area (Å²) in [6, 6.07) is 0. The van der Waals surface area contributed by atoms with Crippen molar-refractivity contribution >= 4 is 26.8 Å². The Hall–Kier alpha value is 0.871. The predicted molar refractivity (Wildman–Crippen MR) is 138 cm³/mol. The van der Waals surface area contributed by atoms with Crippen LogP contribution in [0.3, 0.4) is 0 Å². The molecule has 3 rings (SSSR count). The van der Waals surface area contributed by atoms with Gasteiger partial charge in [0.25, 0.3) is 0 Å². The average Bonchev–Trinajstić information content (AvgIpc) is 3.09. The Bertz CT molecular complexity index is 616. The molecule has 3 aliphatic rings. The van der Waals surface area contributed by atoms with Crippen LogP contribution in [-0.2, 0) is 17.0 Å². The summed E-state index contributed by atoms with van der Waals surface area (Å²) >= 11 is -0.556. The zero-order valence-electron chi connectivity index (χ0n) is 21.1. The molecule has 0 aromatic rings. The van der Waals surface area contributed by atoms with E-state index in [0.717, 1.165) is 36.6 Å². The van der Waals surface area contributed by atoms with E-state index in [9.17, 15) is 0 Å². The number of rotatable bonds is 5. The van der Waals surface area contributed by atoms with Gasteiger partial charge in [0.1, 0.15) is 8.24 Å². The molecule has 2 fully saturated rings. The molecule has 4 atom stereocenters. The van der Waals surface area contributed by atoms with Crippen molar-refractivity contribution in [3.05, 3.63) is 41.4 Å². The zero-order valence-corrected chi connectivity index (χ0v) is 25.2. The molecular weight excluding hydrogens is 477 g/mol. The Morgan fingerprint density at radius 1 is 1.03 bits per heavy atom. The van der Waals surface area contributed by atoms with E-state index in [4.69, 9.17) is 18.6 Å². The first kappa shape index (κ1) is 29.9. The van der Waals surface area contributed by atoms with Crippen molar-refractivity contribution in [1.29, 1.82) is 0 Å². The van der Waals surface area contributed by atoms with E-state index in [1.807, 2.05) is 0 Å². The van der Waals surface area contributed by atoms with Crippen LogP contribution in [0.2, 0.25) is 18.6 Å². The van der Waals surface area contributed by atoms with Gasteiger partial charge in [-0.15, -0.1) is 13.3 Å². The fourth-order valence-electron chi connectivity index (χ4n) is 5.78. The molecule has 176 valence electrons. The van der Waals surface area contributed by atoms with E-state index in [1.165, 1.54) is 6.42 Å². The Morgan fingerprint density at radius 2 is 1.58 bits per heavy atom. The first-order chi connectivity index (χ1) is 14.1. The molecule has 1 saturated heterocycles. The molecule has 3 unspecified atom stereocenters. The van der Waals surface area contributed by atoms with Crippen LogP contribution in [0, 0.1) is 42.9 Å². The van der Waals surface area contributed by atoms with Gasteiger partial charge >= 0.3 is 35.6 Å². The van der Waals surface area contributed by atoms with Gasteiger partial charge in [0.05, 0.1) is 0 Å². The third kappa shape index (κ3) is 6.94. The molecule has 31 heavy (non-hydrogen) atoms. The standard InChI is InChI=1S/C23H41N3Si.CH3.2ClH.Ti/c1-15(2)18-9-19(16(3)4)23-20(17(5)6)11-22(21(23)10-18)27(7,8)26-13-24-12-25-14-26;;;;/h9-10,15-17,20-23H,11-14H2,1-8H3;1H3;2*1H;/q-2;-1;;;+6/p-2/t20-,21?,22?,23?;;;;/m1..../s1. The van der Waals surface area contributed by atoms with Crippen LogP contribution in [0.1, 0.15) is 48.0 Å². The Kier molecular flexibility index (Phi) is 12.6. The van der Waals surface area contributed by atoms with E-state index in [2.05, 4.69) is 82.0 Å². The van der Waals surface area contributed by atoms with Crippen LogP contribution in [0.25, 0.3) is 10.6 Å². The van der Waals surface area contributed by atoms with Crippen molar-refractivity contribution in [2.45, 2.75) is 66.6 Å². The number of fused-ring (bicyclic) bond motifs is 1. The summed E-state index contributed by atoms with van der Waals surface area (Å²) in [4.78, 5) is 0. The fourth-order valence-corrected chi connectivity index (χ4v) is 9.28. The molecule has 0 spiro atoms. The zero-order chi connectivity index (χ0) is 22.6. The Labute approximate surface area is 210 Å². The Balaban J connectivity index is 0.00000113. The molecule has 0 amide bonds. The van der Waals surface area contributed by atoms with E-state index in [0.29, 0.717) is 24.4 Å². The van der Waals surface area contributed by atoms with Crippen molar-refractivity contribution in [2.75, 3.05) is 20.0 Å². The second-order valence-corrected chi connectivity index (χ2v) is 17.9. The van der Waals surface area contributed by atoms with E-state index in [1.54, 1.807) is 11.1 Å². The predicted octanol–water partition coefficient (Wildman–Crippen LogP) is 8.41. The summed E-state index contributed by atoms with van der Waals surface area (Å²) in [5.74, 6) is 4.26. The average molecular weight is 521 g/mol. The number of nitrogens with zero attached hydrogens (tertiary/aromatic N) is 3. The van der Waals surface area contributed by atoms with Gasteiger partial charge in [-0.1, -0.05) is 72.4 Å². The quantitative estimate of drug-likeness (QED) is 0.264. The number of hydrogen-bond acceptors (Lipinski definition) is 1. The second kappa shape index (κ2) is 13.1. The molecule has 1 saturated carbocycles. The molecule has 7 heteroatoms. The summed E-state index contributed by atoms with van der Waals surface area (Å²) in [5, 5.41) is 9.22. The SMILES string of the molecule is CC(C)C1=CC2C(C(C(C)C)=C1)[C@@H](C(C)C)CC2[Si](C)(C)N1C[N-]C[N-]C1.[CH3-].[Cl][Ti+4][Cl]. The van der Waals surface area contributed by atoms with Crippen LogP contribution < -0.4 is 0 Å². The summed E-state index contributed by atoms with van der Waals surface area (Å²) in [5.41, 5.74) is 4.10. The molecule has 1 aliphatic heterocycles. The van der Waals surface area contributed by atoms with E-state index >= 15 is 0 Å². The van der Waals surface area contributed by atoms with Crippen LogP contribution in [-0.4, -0.2) is 32.8 Å². The first-order valence-corrected chi connectivity index (χ1v) is 18.8. The maximum absolute atomic E-state index is 4.89. The molecular formula is C24H44Cl2N3SiTi+. The van der Waals surface area contributed by atoms with Gasteiger partial charge in [-0.3, -0.25) is 6.67 Å². The number of halogens is 2. The van der Waals surface area contributed by atoms with Crippen molar-refractivity contribution in [3.8, 4) is 0 Å². The molecule has 0 aromatic carbocycles. The first-order valence-electron chi connectivity index (χ1n) is 11.5. The summed E-state index contributed by atoms with van der Waals surface area (Å²) in [6.07, 6.45) is 6.66. The molecule has 3 nitrogen and oxygen atoms in total. The van der Waals surface area contributed by atoms with E-state index < -0.39 is 25.3 Å². The van der Waals surface area contributed by atoms with Crippen molar-refractivity contribution in [1.82, 2.24) is 4.57 Å². The fraction of sp³-hybridized carbons (Fsp3) is 0.792. The molecule has 0 bridgehead atoms. The third-order valence-corrected chi connectivity index (χ3v) is 12.0. The van der Waals surface area contributed by atoms with Crippen LogP contribution in [0.4, 0.5) is 0 Å². The molecule has 0 radical (unpaired) electrons. The van der Waals surface area contributed by atoms with Gasteiger partial charge in [-0.25, -0.2) is 0 Å². The van der Waals surface area contributed by atoms with Gasteiger partial charge in [0.15, 0.2) is 0 Å². The summed E-state index contributed by atoms with van der Waals surface area (Å²) < 4.78 is 2.65. The van der Waals surface area contributed by atoms with Gasteiger partial charge in [-0.2, -0.15) is 0 Å². The number of allylic oxidation sites excluding steroid dienone is 4. The molecule has 0 aromatic heterocycles. The topological polar surface area (TPSA) is 31.4 Å². The Morgan fingerprint density at radius 3 is 2.03 bits per heavy atom. The minimum atomic E-state index is -1.62. The normalized spacial score (nSPS) is 29.3. The van der Waals surface area contributed by atoms with Crippen molar-refractivity contribution in [3.63, 3.8) is 0 Å². The van der Waals surface area contributed by atoms with Gasteiger partial charge < -0.3 is 22.6 Å². The van der Waals surface area contributed by atoms with Crippen LogP contribution in [0.15, 0.2) is 23.3 Å². The molecule has 0 N–H and O–H groups in total. The second-order valence-electron chi connectivity index (χ2n) is 10.6. The number of hydrogen-bond donors (Lipinski definition) is 0. The molecule has 1 heterocycles. The maximum atomic E-state index is 4.89. The van der Waals surface area contributed by atoms with Crippen molar-refractivity contribution in [2.24, 2.45) is 35.5 Å². The summed E-state index contributed by atoms with van der Waals surface area (Å²) in [7, 11) is 8.16. The van der Waals surface area contributed by atoms with Gasteiger partial charge in [0, 0.05) is 0 Å². The van der Waals surface area contributed by atoms with E-state index in [-0.39, 0.29) is 7.43 Å². The minimum absolute atomic E-state index is 0. The third-order valence-electron chi connectivity index (χ3n) is 7.62. The monoisotopic (exact) mass is 520 g/mol.